The molecule has 3 aromatic rings. The summed E-state index contributed by atoms with van der Waals surface area (Å²) in [5.74, 6) is 1.10. The Kier molecular flexibility index (Phi) is 4.34. The number of ether oxygens (including phenoxy) is 1. The number of tetrazole rings is 1. The van der Waals surface area contributed by atoms with Crippen molar-refractivity contribution in [1.29, 1.82) is 0 Å². The van der Waals surface area contributed by atoms with Crippen LogP contribution in [0.3, 0.4) is 0 Å². The van der Waals surface area contributed by atoms with Crippen LogP contribution in [-0.4, -0.2) is 42.0 Å². The summed E-state index contributed by atoms with van der Waals surface area (Å²) in [6, 6.07) is 7.18. The minimum Gasteiger partial charge on any atom is -0.481 e. The Morgan fingerprint density at radius 2 is 2.15 bits per heavy atom. The van der Waals surface area contributed by atoms with Gasteiger partial charge < -0.3 is 10.1 Å². The van der Waals surface area contributed by atoms with Crippen molar-refractivity contribution >= 4 is 11.6 Å². The number of amides is 1. The fraction of sp³-hybridized carbons (Fsp3) is 0.353. The van der Waals surface area contributed by atoms with Crippen LogP contribution in [0, 0.1) is 5.92 Å². The van der Waals surface area contributed by atoms with Gasteiger partial charge in [0.05, 0.1) is 17.6 Å². The molecule has 2 aromatic heterocycles. The fourth-order valence-electron chi connectivity index (χ4n) is 2.55. The third-order valence-electron chi connectivity index (χ3n) is 4.18. The fourth-order valence-corrected chi connectivity index (χ4v) is 2.55. The van der Waals surface area contributed by atoms with Crippen molar-refractivity contribution in [2.45, 2.75) is 32.4 Å². The van der Waals surface area contributed by atoms with Crippen molar-refractivity contribution in [3.8, 4) is 11.4 Å². The highest BCUT2D eigenvalue weighted by atomic mass is 16.5. The van der Waals surface area contributed by atoms with Crippen LogP contribution in [0.4, 0.5) is 5.69 Å². The molecule has 0 saturated heterocycles. The number of hydrogen-bond donors (Lipinski definition) is 1. The predicted molar refractivity (Wildman–Crippen MR) is 92.8 cm³/mol. The summed E-state index contributed by atoms with van der Waals surface area (Å²) in [5, 5.41) is 18.1. The first-order chi connectivity index (χ1) is 12.7. The van der Waals surface area contributed by atoms with Crippen molar-refractivity contribution < 1.29 is 9.53 Å². The molecule has 1 unspecified atom stereocenters. The first-order valence-corrected chi connectivity index (χ1v) is 8.51. The van der Waals surface area contributed by atoms with E-state index >= 15 is 0 Å². The standard InChI is InChI=1S/C17H19N7O2/c1-12(17(25)20-14-8-19-23(10-14)9-13-2-3-13)26-16-6-4-15(5-7-16)24-11-18-21-22-24/h4-8,10-13H,2-3,9H2,1H3,(H,20,25). The predicted octanol–water partition coefficient (Wildman–Crippen LogP) is 1.67. The molecule has 9 heteroatoms. The van der Waals surface area contributed by atoms with Crippen LogP contribution in [0.15, 0.2) is 43.0 Å². The number of carbonyl (C=O) groups excluding carboxylic acids is 1. The number of benzene rings is 1. The molecule has 1 aromatic carbocycles. The highest BCUT2D eigenvalue weighted by Gasteiger charge is 2.22. The van der Waals surface area contributed by atoms with Crippen LogP contribution in [-0.2, 0) is 11.3 Å². The van der Waals surface area contributed by atoms with Gasteiger partial charge in [-0.2, -0.15) is 5.10 Å². The average Bonchev–Trinajstić information content (AvgIpc) is 3.10. The van der Waals surface area contributed by atoms with Gasteiger partial charge in [-0.05, 0) is 60.4 Å². The maximum atomic E-state index is 12.3. The second-order valence-electron chi connectivity index (χ2n) is 6.39. The van der Waals surface area contributed by atoms with Gasteiger partial charge in [0.15, 0.2) is 6.10 Å². The van der Waals surface area contributed by atoms with E-state index in [1.807, 2.05) is 23.0 Å². The quantitative estimate of drug-likeness (QED) is 0.694. The molecule has 0 aliphatic heterocycles. The molecule has 2 heterocycles. The van der Waals surface area contributed by atoms with E-state index < -0.39 is 6.10 Å². The van der Waals surface area contributed by atoms with E-state index in [-0.39, 0.29) is 5.91 Å². The summed E-state index contributed by atoms with van der Waals surface area (Å²) >= 11 is 0. The number of rotatable bonds is 7. The number of carbonyl (C=O) groups is 1. The van der Waals surface area contributed by atoms with E-state index in [0.717, 1.165) is 18.2 Å². The summed E-state index contributed by atoms with van der Waals surface area (Å²) in [5.41, 5.74) is 1.49. The lowest BCUT2D eigenvalue weighted by Crippen LogP contribution is -2.30. The summed E-state index contributed by atoms with van der Waals surface area (Å²) in [4.78, 5) is 12.3. The molecule has 0 bridgehead atoms. The van der Waals surface area contributed by atoms with E-state index in [2.05, 4.69) is 25.9 Å². The van der Waals surface area contributed by atoms with Gasteiger partial charge in [0.1, 0.15) is 12.1 Å². The summed E-state index contributed by atoms with van der Waals surface area (Å²) < 4.78 is 9.11. The molecule has 1 aliphatic carbocycles. The maximum Gasteiger partial charge on any atom is 0.265 e. The topological polar surface area (TPSA) is 99.8 Å². The van der Waals surface area contributed by atoms with Crippen molar-refractivity contribution in [2.75, 3.05) is 5.32 Å². The van der Waals surface area contributed by atoms with Crippen molar-refractivity contribution in [2.24, 2.45) is 5.92 Å². The minimum atomic E-state index is -0.638. The first-order valence-electron chi connectivity index (χ1n) is 8.51. The summed E-state index contributed by atoms with van der Waals surface area (Å²) in [7, 11) is 0. The Balaban J connectivity index is 1.32. The zero-order valence-electron chi connectivity index (χ0n) is 14.3. The molecule has 4 rings (SSSR count). The first kappa shape index (κ1) is 16.2. The van der Waals surface area contributed by atoms with Gasteiger partial charge in [-0.15, -0.1) is 5.10 Å². The molecule has 134 valence electrons. The van der Waals surface area contributed by atoms with Crippen molar-refractivity contribution in [3.05, 3.63) is 43.0 Å². The van der Waals surface area contributed by atoms with E-state index in [9.17, 15) is 4.79 Å². The van der Waals surface area contributed by atoms with Crippen LogP contribution >= 0.6 is 0 Å². The maximum absolute atomic E-state index is 12.3. The Morgan fingerprint density at radius 1 is 1.35 bits per heavy atom. The summed E-state index contributed by atoms with van der Waals surface area (Å²) in [6.45, 7) is 2.62. The lowest BCUT2D eigenvalue weighted by Gasteiger charge is -2.14. The number of hydrogen-bond acceptors (Lipinski definition) is 6. The molecule has 1 aliphatic rings. The Labute approximate surface area is 150 Å². The Morgan fingerprint density at radius 3 is 2.85 bits per heavy atom. The largest absolute Gasteiger partial charge is 0.481 e. The van der Waals surface area contributed by atoms with Crippen LogP contribution < -0.4 is 10.1 Å². The highest BCUT2D eigenvalue weighted by molar-refractivity contribution is 5.93. The number of nitrogens with zero attached hydrogens (tertiary/aromatic N) is 6. The van der Waals surface area contributed by atoms with Gasteiger partial charge in [0.2, 0.25) is 0 Å². The molecule has 1 N–H and O–H groups in total. The second-order valence-corrected chi connectivity index (χ2v) is 6.39. The van der Waals surface area contributed by atoms with Crippen LogP contribution in [0.25, 0.3) is 5.69 Å². The van der Waals surface area contributed by atoms with Gasteiger partial charge >= 0.3 is 0 Å². The Bertz CT molecular complexity index is 869. The van der Waals surface area contributed by atoms with Gasteiger partial charge in [0.25, 0.3) is 5.91 Å². The third-order valence-corrected chi connectivity index (χ3v) is 4.18. The van der Waals surface area contributed by atoms with Crippen molar-refractivity contribution in [3.63, 3.8) is 0 Å². The van der Waals surface area contributed by atoms with Gasteiger partial charge in [-0.25, -0.2) is 4.68 Å². The number of anilines is 1. The number of nitrogens with one attached hydrogen (secondary N) is 1. The van der Waals surface area contributed by atoms with E-state index in [1.54, 1.807) is 29.9 Å². The lowest BCUT2D eigenvalue weighted by atomic mass is 10.3. The zero-order valence-corrected chi connectivity index (χ0v) is 14.3. The monoisotopic (exact) mass is 353 g/mol. The molecule has 0 spiro atoms. The van der Waals surface area contributed by atoms with Crippen molar-refractivity contribution in [1.82, 2.24) is 30.0 Å². The third kappa shape index (κ3) is 3.88. The van der Waals surface area contributed by atoms with Crippen LogP contribution in [0.5, 0.6) is 5.75 Å². The molecule has 1 saturated carbocycles. The summed E-state index contributed by atoms with van der Waals surface area (Å²) in [6.07, 6.45) is 6.91. The Hall–Kier alpha value is -3.23. The molecular formula is C17H19N7O2. The molecule has 1 fully saturated rings. The highest BCUT2D eigenvalue weighted by Crippen LogP contribution is 2.30. The molecule has 1 amide bonds. The SMILES string of the molecule is CC(Oc1ccc(-n2cnnn2)cc1)C(=O)Nc1cnn(CC2CC2)c1. The van der Waals surface area contributed by atoms with E-state index in [0.29, 0.717) is 11.4 Å². The van der Waals surface area contributed by atoms with Gasteiger partial charge in [-0.1, -0.05) is 0 Å². The van der Waals surface area contributed by atoms with E-state index in [4.69, 9.17) is 4.74 Å². The van der Waals surface area contributed by atoms with Crippen LogP contribution in [0.2, 0.25) is 0 Å². The van der Waals surface area contributed by atoms with E-state index in [1.165, 1.54) is 19.2 Å². The molecule has 9 nitrogen and oxygen atoms in total. The minimum absolute atomic E-state index is 0.222. The average molecular weight is 353 g/mol. The van der Waals surface area contributed by atoms with Gasteiger partial charge in [0, 0.05) is 12.7 Å². The molecular weight excluding hydrogens is 334 g/mol. The molecule has 0 radical (unpaired) electrons. The lowest BCUT2D eigenvalue weighted by molar-refractivity contribution is -0.122. The molecule has 1 atom stereocenters. The number of aromatic nitrogens is 6. The smallest absolute Gasteiger partial charge is 0.265 e. The van der Waals surface area contributed by atoms with Crippen LogP contribution in [0.1, 0.15) is 19.8 Å². The van der Waals surface area contributed by atoms with Gasteiger partial charge in [-0.3, -0.25) is 9.48 Å². The zero-order chi connectivity index (χ0) is 17.9. The molecule has 26 heavy (non-hydrogen) atoms. The second kappa shape index (κ2) is 6.95. The normalized spacial score (nSPS) is 14.8.